The summed E-state index contributed by atoms with van der Waals surface area (Å²) in [4.78, 5) is 77.4. The molecule has 60 nitrogen and oxygen atoms in total. The van der Waals surface area contributed by atoms with Crippen molar-refractivity contribution in [3.05, 3.63) is 0 Å². The molecule has 60 heteroatoms. The lowest BCUT2D eigenvalue weighted by Crippen LogP contribution is -2.71. The zero-order valence-corrected chi connectivity index (χ0v) is 71.1. The molecular weight excluding hydrogens is 1830 g/mol. The standard InChI is InChI=1S/C73H123N5O55/c1-18(90)74-22(6-79)55(39(98)24(95)7-80)125-70-53(112)62(45(104)33(124-70)17-116-64-36(75-19(2)91)46(105)56(30(13-86)121-64)126-69-52(111)61(43(102)28(11-84)119-69)131-67-50(109)49(108)41(100)26(9-82)117-67)130-66-38(77-21(4)93)47(106)57(31(14-87)123-66)127-68-51(110)60(42(101)27(10-83)118-68)129-65-37(76-20(3)92)48(107)58(32(15-88)122-65)128-71-54(113)63(44(103)29(12-85)120-71)133-73(72(114)115)5-23(94)35(78-34(97)16-89)59(132-73)40(99)25(96)8-81/h22-33,35-71,79-89,94-96,98-113H,5-17H2,1-4H3,(H,74,90)(H,75,91)(H,76,92)(H,77,93)(H,78,97)(H,114,115)/t22-,23-,24+,25+,26+,27+,28+,29+,30+,31+,32+,33+,35+,36+,37+,38+,39-,40+,41-,42-,43-,44-,45-,46+,47+,48+,49-,50+,51+,52+,53+,54+,55+,56+,57+,58+,59+,60-,61-,62-,63-,64+,65-,66-,67?,68-,69?,70-,71?,73-/m0/s1. The van der Waals surface area contributed by atoms with Crippen LogP contribution in [-0.4, -0.2) is 579 Å². The average molecular weight is 1950 g/mol. The van der Waals surface area contributed by atoms with Gasteiger partial charge in [0, 0.05) is 34.1 Å². The molecule has 9 heterocycles. The number of carbonyl (C=O) groups excluding carboxylic acids is 5. The highest BCUT2D eigenvalue weighted by atomic mass is 16.8. The molecule has 0 aromatic heterocycles. The Kier molecular flexibility index (Phi) is 41.4. The number of rotatable bonds is 41. The fraction of sp³-hybridized carbons (Fsp3) is 0.918. The number of aliphatic carboxylic acids is 1. The highest BCUT2D eigenvalue weighted by molar-refractivity contribution is 5.78. The van der Waals surface area contributed by atoms with Crippen molar-refractivity contribution in [3.63, 3.8) is 0 Å². The van der Waals surface area contributed by atoms with Gasteiger partial charge in [-0.2, -0.15) is 0 Å². The minimum Gasteiger partial charge on any atom is -0.477 e. The molecule has 9 aliphatic heterocycles. The van der Waals surface area contributed by atoms with Gasteiger partial charge < -0.3 is 270 Å². The number of carboxylic acids is 1. The van der Waals surface area contributed by atoms with Crippen LogP contribution >= 0.6 is 0 Å². The fourth-order valence-corrected chi connectivity index (χ4v) is 16.7. The largest absolute Gasteiger partial charge is 0.477 e. The number of hydrogen-bond donors (Lipinski definition) is 36. The summed E-state index contributed by atoms with van der Waals surface area (Å²) in [7, 11) is 0. The first kappa shape index (κ1) is 112. The second kappa shape index (κ2) is 49.3. The van der Waals surface area contributed by atoms with Gasteiger partial charge in [-0.25, -0.2) is 4.79 Å². The molecule has 0 aromatic rings. The molecule has 0 spiro atoms. The summed E-state index contributed by atoms with van der Waals surface area (Å²) in [5.41, 5.74) is 0. The van der Waals surface area contributed by atoms with Gasteiger partial charge in [0.15, 0.2) is 50.3 Å². The predicted octanol–water partition coefficient (Wildman–Crippen LogP) is -24.3. The van der Waals surface area contributed by atoms with Gasteiger partial charge in [-0.15, -0.1) is 0 Å². The second-order valence-electron chi connectivity index (χ2n) is 32.9. The van der Waals surface area contributed by atoms with Gasteiger partial charge in [0.05, 0.1) is 90.9 Å². The van der Waals surface area contributed by atoms with Crippen molar-refractivity contribution in [2.75, 3.05) is 79.3 Å². The maximum Gasteiger partial charge on any atom is 0.364 e. The summed E-state index contributed by atoms with van der Waals surface area (Å²) in [6, 6.07) is -9.83. The van der Waals surface area contributed by atoms with E-state index in [2.05, 4.69) is 26.6 Å². The summed E-state index contributed by atoms with van der Waals surface area (Å²) in [6.45, 7) is -10.7. The van der Waals surface area contributed by atoms with Crippen LogP contribution in [0.25, 0.3) is 0 Å². The highest BCUT2D eigenvalue weighted by Gasteiger charge is 2.64. The summed E-state index contributed by atoms with van der Waals surface area (Å²) in [5, 5.41) is 354. The van der Waals surface area contributed by atoms with Gasteiger partial charge in [-0.05, 0) is 0 Å². The second-order valence-corrected chi connectivity index (χ2v) is 32.9. The molecule has 9 aliphatic rings. The average Bonchev–Trinajstić information content (AvgIpc) is 0.745. The molecule has 770 valence electrons. The molecular formula is C73H123N5O55. The Labute approximate surface area is 751 Å². The van der Waals surface area contributed by atoms with E-state index in [1.807, 2.05) is 0 Å². The Bertz CT molecular complexity index is 3650. The third-order valence-corrected chi connectivity index (χ3v) is 23.6. The molecule has 133 heavy (non-hydrogen) atoms. The van der Waals surface area contributed by atoms with Crippen LogP contribution in [0.5, 0.6) is 0 Å². The molecule has 50 atom stereocenters. The first-order valence-electron chi connectivity index (χ1n) is 41.9. The minimum absolute atomic E-state index is 0.862. The van der Waals surface area contributed by atoms with Crippen LogP contribution < -0.4 is 26.6 Å². The molecule has 5 amide bonds. The number of carbonyl (C=O) groups is 6. The van der Waals surface area contributed by atoms with E-state index in [0.29, 0.717) is 0 Å². The summed E-state index contributed by atoms with van der Waals surface area (Å²) < 4.78 is 106. The van der Waals surface area contributed by atoms with Gasteiger partial charge in [0.1, 0.15) is 238 Å². The zero-order chi connectivity index (χ0) is 98.7. The van der Waals surface area contributed by atoms with Crippen molar-refractivity contribution in [3.8, 4) is 0 Å². The van der Waals surface area contributed by atoms with E-state index in [1.165, 1.54) is 0 Å². The third-order valence-electron chi connectivity index (χ3n) is 23.6. The lowest BCUT2D eigenvalue weighted by molar-refractivity contribution is -0.391. The van der Waals surface area contributed by atoms with E-state index in [-0.39, 0.29) is 0 Å². The monoisotopic (exact) mass is 1950 g/mol. The molecule has 0 aromatic carbocycles. The molecule has 9 fully saturated rings. The fourth-order valence-electron chi connectivity index (χ4n) is 16.7. The van der Waals surface area contributed by atoms with Crippen LogP contribution in [0.1, 0.15) is 34.1 Å². The Morgan fingerprint density at radius 1 is 0.353 bits per heavy atom. The van der Waals surface area contributed by atoms with Gasteiger partial charge in [0.25, 0.3) is 5.79 Å². The number of carboxylic acid groups (broad SMARTS) is 1. The van der Waals surface area contributed by atoms with Crippen LogP contribution in [0.2, 0.25) is 0 Å². The summed E-state index contributed by atoms with van der Waals surface area (Å²) in [6.07, 6.45) is -98.1. The van der Waals surface area contributed by atoms with Gasteiger partial charge in [-0.3, -0.25) is 24.0 Å². The molecule has 9 rings (SSSR count). The predicted molar refractivity (Wildman–Crippen MR) is 409 cm³/mol. The maximum absolute atomic E-state index is 13.3. The first-order valence-corrected chi connectivity index (χ1v) is 41.9. The number of amides is 5. The van der Waals surface area contributed by atoms with Crippen molar-refractivity contribution in [1.29, 1.82) is 0 Å². The minimum atomic E-state index is -3.36. The van der Waals surface area contributed by atoms with E-state index in [1.54, 1.807) is 0 Å². The molecule has 9 saturated heterocycles. The number of nitrogens with one attached hydrogen (secondary N) is 5. The smallest absolute Gasteiger partial charge is 0.364 e. The van der Waals surface area contributed by atoms with Crippen molar-refractivity contribution in [1.82, 2.24) is 26.6 Å². The van der Waals surface area contributed by atoms with Crippen molar-refractivity contribution in [2.45, 2.75) is 340 Å². The quantitative estimate of drug-likeness (QED) is 0.0270. The molecule has 36 N–H and O–H groups in total. The van der Waals surface area contributed by atoms with E-state index in [4.69, 9.17) is 85.3 Å². The van der Waals surface area contributed by atoms with Crippen LogP contribution in [-0.2, 0) is 114 Å². The molecule has 3 unspecified atom stereocenters. The lowest BCUT2D eigenvalue weighted by atomic mass is 9.88. The Balaban J connectivity index is 0.958. The van der Waals surface area contributed by atoms with Crippen LogP contribution in [0.4, 0.5) is 0 Å². The zero-order valence-electron chi connectivity index (χ0n) is 71.1. The third kappa shape index (κ3) is 25.5. The summed E-state index contributed by atoms with van der Waals surface area (Å²) >= 11 is 0. The topological polar surface area (TPSA) is 956 Å². The van der Waals surface area contributed by atoms with Crippen molar-refractivity contribution >= 4 is 35.5 Å². The number of hydrogen-bond acceptors (Lipinski definition) is 54. The van der Waals surface area contributed by atoms with Crippen molar-refractivity contribution in [2.24, 2.45) is 0 Å². The highest BCUT2D eigenvalue weighted by Crippen LogP contribution is 2.43. The SMILES string of the molecule is CC(=O)N[C@H]1[C@H](OC[C@H]2O[C@@H](O[C@@H]([C@@H](O)[C@H](O)CO)[C@H](CO)NC(C)=O)[C@H](O)[C@@H](O[C@@H]3O[C@H](CO)[C@@H](O[C@@H]4O[C@H](CO)[C@H](O)[C@H](O[C@@H]5O[C@H](CO)[C@@H](OC6O[C@H](CO)[C@H](O)[C@H](O[C@]7(C(=O)O)C[C@H](O)[C@@H](NC(=O)CO)[C@H]([C@H](O)[C@H](O)CO)O7)[C@H]6O)[C@H](O)[C@H]5NC(C)=O)[C@H]4O)[C@H](O)[C@H]3NC(C)=O)[C@H]2O)O[C@H](CO)[C@@H](OC2O[C@H](CO)[C@H](O)[C@H](OC3O[C@H](CO)[C@H](O)[C@H](O)[C@H]3O)[C@H]2O)[C@@H]1O. The van der Waals surface area contributed by atoms with Gasteiger partial charge in [0.2, 0.25) is 29.5 Å². The number of ether oxygens (including phenoxy) is 18. The number of aliphatic hydroxyl groups is 30. The first-order chi connectivity index (χ1) is 62.8. The Morgan fingerprint density at radius 3 is 1.08 bits per heavy atom. The van der Waals surface area contributed by atoms with Crippen LogP contribution in [0.15, 0.2) is 0 Å². The normalized spacial score (nSPS) is 44.5. The van der Waals surface area contributed by atoms with E-state index >= 15 is 0 Å². The van der Waals surface area contributed by atoms with Crippen LogP contribution in [0.3, 0.4) is 0 Å². The van der Waals surface area contributed by atoms with Gasteiger partial charge >= 0.3 is 5.97 Å². The van der Waals surface area contributed by atoms with E-state index < -0.39 is 427 Å². The number of aliphatic hydroxyl groups excluding tert-OH is 30. The lowest BCUT2D eigenvalue weighted by Gasteiger charge is -2.51. The van der Waals surface area contributed by atoms with Crippen molar-refractivity contribution < 1.29 is 272 Å². The molecule has 0 radical (unpaired) electrons. The Morgan fingerprint density at radius 2 is 0.699 bits per heavy atom. The van der Waals surface area contributed by atoms with E-state index in [0.717, 1.165) is 27.7 Å². The molecule has 0 saturated carbocycles. The van der Waals surface area contributed by atoms with Crippen LogP contribution in [0, 0.1) is 0 Å². The van der Waals surface area contributed by atoms with E-state index in [9.17, 15) is 187 Å². The molecule has 0 aliphatic carbocycles. The Hall–Kier alpha value is -5.10. The summed E-state index contributed by atoms with van der Waals surface area (Å²) in [5.74, 6) is -10.8. The van der Waals surface area contributed by atoms with Gasteiger partial charge in [-0.1, -0.05) is 0 Å². The molecule has 0 bridgehead atoms. The maximum atomic E-state index is 13.3.